The number of aromatic nitrogens is 2. The van der Waals surface area contributed by atoms with Gasteiger partial charge in [0, 0.05) is 11.0 Å². The predicted octanol–water partition coefficient (Wildman–Crippen LogP) is 2.67. The zero-order valence-electron chi connectivity index (χ0n) is 11.0. The fourth-order valence-corrected chi connectivity index (χ4v) is 2.85. The molecule has 2 N–H and O–H groups in total. The molecule has 0 saturated heterocycles. The van der Waals surface area contributed by atoms with Crippen molar-refractivity contribution in [3.05, 3.63) is 36.2 Å². The molecule has 1 spiro atoms. The van der Waals surface area contributed by atoms with Crippen LogP contribution in [0.3, 0.4) is 0 Å². The van der Waals surface area contributed by atoms with Crippen molar-refractivity contribution in [2.45, 2.75) is 24.7 Å². The molecule has 1 aliphatic carbocycles. The van der Waals surface area contributed by atoms with E-state index in [9.17, 15) is 0 Å². The molecular weight excluding hydrogens is 254 g/mol. The Hall–Kier alpha value is -2.30. The van der Waals surface area contributed by atoms with Gasteiger partial charge in [0.1, 0.15) is 11.5 Å². The van der Waals surface area contributed by atoms with Crippen LogP contribution in [0.5, 0.6) is 17.5 Å². The van der Waals surface area contributed by atoms with Gasteiger partial charge in [-0.25, -0.2) is 9.97 Å². The molecule has 5 heteroatoms. The smallest absolute Gasteiger partial charge is 0.322 e. The van der Waals surface area contributed by atoms with E-state index in [2.05, 4.69) is 9.97 Å². The molecule has 0 bridgehead atoms. The van der Waals surface area contributed by atoms with Crippen LogP contribution in [0.2, 0.25) is 0 Å². The molecule has 5 nitrogen and oxygen atoms in total. The van der Waals surface area contributed by atoms with Crippen molar-refractivity contribution >= 4 is 5.69 Å². The van der Waals surface area contributed by atoms with Gasteiger partial charge < -0.3 is 15.2 Å². The van der Waals surface area contributed by atoms with E-state index in [4.69, 9.17) is 15.2 Å². The van der Waals surface area contributed by atoms with E-state index in [0.29, 0.717) is 11.7 Å². The zero-order chi connectivity index (χ0) is 13.6. The Labute approximate surface area is 116 Å². The Morgan fingerprint density at radius 2 is 1.95 bits per heavy atom. The van der Waals surface area contributed by atoms with Gasteiger partial charge in [0.15, 0.2) is 0 Å². The molecular formula is C15H15N3O2. The first-order chi connectivity index (χ1) is 9.77. The molecule has 0 unspecified atom stereocenters. The fourth-order valence-electron chi connectivity index (χ4n) is 2.85. The normalized spacial score (nSPS) is 18.2. The van der Waals surface area contributed by atoms with Gasteiger partial charge in [-0.2, -0.15) is 0 Å². The summed E-state index contributed by atoms with van der Waals surface area (Å²) >= 11 is 0. The maximum absolute atomic E-state index is 5.85. The molecule has 0 radical (unpaired) electrons. The van der Waals surface area contributed by atoms with Crippen LogP contribution in [0.1, 0.15) is 24.8 Å². The SMILES string of the molecule is Nc1cnc(Oc2cccc3c2C2(CCO3)CC2)nc1. The quantitative estimate of drug-likeness (QED) is 0.907. The first-order valence-corrected chi connectivity index (χ1v) is 6.79. The third-order valence-electron chi connectivity index (χ3n) is 4.06. The molecule has 1 aromatic heterocycles. The van der Waals surface area contributed by atoms with Crippen LogP contribution in [0.15, 0.2) is 30.6 Å². The lowest BCUT2D eigenvalue weighted by Gasteiger charge is -2.27. The Morgan fingerprint density at radius 1 is 1.15 bits per heavy atom. The van der Waals surface area contributed by atoms with Gasteiger partial charge in [-0.05, 0) is 31.4 Å². The zero-order valence-corrected chi connectivity index (χ0v) is 11.0. The number of ether oxygens (including phenoxy) is 2. The van der Waals surface area contributed by atoms with Crippen LogP contribution in [0, 0.1) is 0 Å². The van der Waals surface area contributed by atoms with Crippen molar-refractivity contribution in [1.82, 2.24) is 9.97 Å². The maximum Gasteiger partial charge on any atom is 0.322 e. The third-order valence-corrected chi connectivity index (χ3v) is 4.06. The minimum atomic E-state index is 0.248. The van der Waals surface area contributed by atoms with Gasteiger partial charge in [-0.3, -0.25) is 0 Å². The van der Waals surface area contributed by atoms with Crippen LogP contribution in [-0.4, -0.2) is 16.6 Å². The van der Waals surface area contributed by atoms with E-state index in [1.165, 1.54) is 18.4 Å². The van der Waals surface area contributed by atoms with Crippen molar-refractivity contribution in [2.24, 2.45) is 0 Å². The predicted molar refractivity (Wildman–Crippen MR) is 74.0 cm³/mol. The van der Waals surface area contributed by atoms with Gasteiger partial charge in [0.05, 0.1) is 24.7 Å². The van der Waals surface area contributed by atoms with Crippen LogP contribution < -0.4 is 15.2 Å². The van der Waals surface area contributed by atoms with Crippen LogP contribution in [0.4, 0.5) is 5.69 Å². The Morgan fingerprint density at radius 3 is 2.70 bits per heavy atom. The number of hydrogen-bond donors (Lipinski definition) is 1. The highest BCUT2D eigenvalue weighted by molar-refractivity contribution is 5.54. The molecule has 0 amide bonds. The summed E-state index contributed by atoms with van der Waals surface area (Å²) in [5.41, 5.74) is 7.53. The molecule has 2 aromatic rings. The van der Waals surface area contributed by atoms with Gasteiger partial charge >= 0.3 is 6.01 Å². The number of nitrogen functional groups attached to an aromatic ring is 1. The molecule has 1 aliphatic heterocycles. The number of rotatable bonds is 2. The molecule has 4 rings (SSSR count). The van der Waals surface area contributed by atoms with Crippen LogP contribution in [0.25, 0.3) is 0 Å². The molecule has 1 saturated carbocycles. The number of nitrogens with two attached hydrogens (primary N) is 1. The summed E-state index contributed by atoms with van der Waals surface area (Å²) in [6.07, 6.45) is 6.55. The lowest BCUT2D eigenvalue weighted by molar-refractivity contribution is 0.255. The maximum atomic E-state index is 5.85. The third kappa shape index (κ3) is 1.78. The van der Waals surface area contributed by atoms with Crippen molar-refractivity contribution in [3.63, 3.8) is 0 Å². The Kier molecular flexibility index (Phi) is 2.36. The highest BCUT2D eigenvalue weighted by Crippen LogP contribution is 2.59. The first kappa shape index (κ1) is 11.5. The largest absolute Gasteiger partial charge is 0.493 e. The lowest BCUT2D eigenvalue weighted by Crippen LogP contribution is -2.20. The van der Waals surface area contributed by atoms with E-state index in [0.717, 1.165) is 24.5 Å². The van der Waals surface area contributed by atoms with Gasteiger partial charge in [-0.15, -0.1) is 0 Å². The average molecular weight is 269 g/mol. The molecule has 0 atom stereocenters. The van der Waals surface area contributed by atoms with Crippen LogP contribution in [-0.2, 0) is 5.41 Å². The minimum Gasteiger partial charge on any atom is -0.493 e. The summed E-state index contributed by atoms with van der Waals surface area (Å²) in [5.74, 6) is 1.73. The Balaban J connectivity index is 1.74. The second kappa shape index (κ2) is 4.10. The topological polar surface area (TPSA) is 70.3 Å². The summed E-state index contributed by atoms with van der Waals surface area (Å²) in [5, 5.41) is 0. The molecule has 20 heavy (non-hydrogen) atoms. The summed E-state index contributed by atoms with van der Waals surface area (Å²) < 4.78 is 11.6. The summed E-state index contributed by atoms with van der Waals surface area (Å²) in [6, 6.07) is 6.21. The van der Waals surface area contributed by atoms with Crippen molar-refractivity contribution < 1.29 is 9.47 Å². The molecule has 102 valence electrons. The molecule has 1 aromatic carbocycles. The second-order valence-corrected chi connectivity index (χ2v) is 5.41. The van der Waals surface area contributed by atoms with E-state index >= 15 is 0 Å². The van der Waals surface area contributed by atoms with Gasteiger partial charge in [0.25, 0.3) is 0 Å². The van der Waals surface area contributed by atoms with Gasteiger partial charge in [-0.1, -0.05) is 6.07 Å². The number of benzene rings is 1. The monoisotopic (exact) mass is 269 g/mol. The van der Waals surface area contributed by atoms with E-state index in [1.54, 1.807) is 12.4 Å². The number of nitrogens with zero attached hydrogens (tertiary/aromatic N) is 2. The molecule has 1 fully saturated rings. The number of fused-ring (bicyclic) bond motifs is 2. The standard InChI is InChI=1S/C15H15N3O2/c16-10-8-17-14(18-9-10)20-12-3-1-2-11-13(12)15(4-5-15)6-7-19-11/h1-3,8-9H,4-7,16H2. The molecule has 2 heterocycles. The van der Waals surface area contributed by atoms with E-state index in [-0.39, 0.29) is 5.41 Å². The average Bonchev–Trinajstić information content (AvgIpc) is 3.22. The molecule has 2 aliphatic rings. The van der Waals surface area contributed by atoms with Crippen molar-refractivity contribution in [2.75, 3.05) is 12.3 Å². The summed E-state index contributed by atoms with van der Waals surface area (Å²) in [7, 11) is 0. The van der Waals surface area contributed by atoms with Crippen LogP contribution >= 0.6 is 0 Å². The second-order valence-electron chi connectivity index (χ2n) is 5.41. The fraction of sp³-hybridized carbons (Fsp3) is 0.333. The highest BCUT2D eigenvalue weighted by Gasteiger charge is 2.49. The van der Waals surface area contributed by atoms with E-state index in [1.807, 2.05) is 18.2 Å². The Bertz CT molecular complexity index is 651. The summed E-state index contributed by atoms with van der Waals surface area (Å²) in [4.78, 5) is 8.18. The highest BCUT2D eigenvalue weighted by atomic mass is 16.5. The van der Waals surface area contributed by atoms with Crippen molar-refractivity contribution in [3.8, 4) is 17.5 Å². The van der Waals surface area contributed by atoms with E-state index < -0.39 is 0 Å². The van der Waals surface area contributed by atoms with Gasteiger partial charge in [0.2, 0.25) is 0 Å². The minimum absolute atomic E-state index is 0.248. The number of hydrogen-bond acceptors (Lipinski definition) is 5. The van der Waals surface area contributed by atoms with Crippen molar-refractivity contribution in [1.29, 1.82) is 0 Å². The lowest BCUT2D eigenvalue weighted by atomic mass is 9.89. The summed E-state index contributed by atoms with van der Waals surface area (Å²) in [6.45, 7) is 0.787. The first-order valence-electron chi connectivity index (χ1n) is 6.79. The number of anilines is 1.